The van der Waals surface area contributed by atoms with E-state index in [4.69, 9.17) is 9.52 Å². The third-order valence-electron chi connectivity index (χ3n) is 1.71. The first-order valence-corrected chi connectivity index (χ1v) is 3.96. The van der Waals surface area contributed by atoms with Crippen LogP contribution in [0.4, 0.5) is 4.39 Å². The molecule has 2 rings (SSSR count). The Kier molecular flexibility index (Phi) is 1.92. The molecule has 1 aromatic heterocycles. The third-order valence-corrected chi connectivity index (χ3v) is 1.71. The van der Waals surface area contributed by atoms with E-state index in [9.17, 15) is 4.39 Å². The molecular weight excluding hydrogens is 187 g/mol. The van der Waals surface area contributed by atoms with Gasteiger partial charge in [-0.15, -0.1) is 10.2 Å². The summed E-state index contributed by atoms with van der Waals surface area (Å²) in [6.07, 6.45) is 0. The number of aryl methyl sites for hydroxylation is 1. The van der Waals surface area contributed by atoms with Gasteiger partial charge in [-0.3, -0.25) is 0 Å². The minimum absolute atomic E-state index is 0.0442. The van der Waals surface area contributed by atoms with Crippen LogP contribution in [0.5, 0.6) is 5.75 Å². The van der Waals surface area contributed by atoms with Crippen LogP contribution in [0.2, 0.25) is 0 Å². The molecule has 0 unspecified atom stereocenters. The Morgan fingerprint density at radius 1 is 1.36 bits per heavy atom. The van der Waals surface area contributed by atoms with Crippen molar-refractivity contribution in [3.63, 3.8) is 0 Å². The molecule has 0 radical (unpaired) electrons. The highest BCUT2D eigenvalue weighted by Crippen LogP contribution is 2.25. The van der Waals surface area contributed by atoms with E-state index in [1.54, 1.807) is 6.92 Å². The van der Waals surface area contributed by atoms with Crippen molar-refractivity contribution in [1.82, 2.24) is 10.2 Å². The molecule has 0 bridgehead atoms. The molecule has 0 saturated heterocycles. The van der Waals surface area contributed by atoms with Crippen molar-refractivity contribution >= 4 is 0 Å². The van der Waals surface area contributed by atoms with E-state index in [2.05, 4.69) is 10.2 Å². The average Bonchev–Trinajstić information content (AvgIpc) is 2.56. The van der Waals surface area contributed by atoms with Gasteiger partial charge in [0.05, 0.1) is 5.56 Å². The second-order valence-corrected chi connectivity index (χ2v) is 2.79. The monoisotopic (exact) mass is 194 g/mol. The number of nitrogens with zero attached hydrogens (tertiary/aromatic N) is 2. The number of rotatable bonds is 1. The predicted octanol–water partition coefficient (Wildman–Crippen LogP) is 1.89. The van der Waals surface area contributed by atoms with Crippen molar-refractivity contribution in [2.75, 3.05) is 0 Å². The van der Waals surface area contributed by atoms with Crippen LogP contribution in [-0.4, -0.2) is 15.3 Å². The van der Waals surface area contributed by atoms with Gasteiger partial charge in [0, 0.05) is 6.92 Å². The number of hydrogen-bond acceptors (Lipinski definition) is 4. The summed E-state index contributed by atoms with van der Waals surface area (Å²) in [7, 11) is 0. The predicted molar refractivity (Wildman–Crippen MR) is 46.1 cm³/mol. The van der Waals surface area contributed by atoms with Gasteiger partial charge in [0.1, 0.15) is 11.6 Å². The van der Waals surface area contributed by atoms with Crippen LogP contribution in [0.25, 0.3) is 11.5 Å². The second kappa shape index (κ2) is 3.10. The van der Waals surface area contributed by atoms with Gasteiger partial charge in [0.15, 0.2) is 0 Å². The Morgan fingerprint density at radius 2 is 2.14 bits per heavy atom. The molecule has 0 aliphatic rings. The molecular formula is C9H7FN2O2. The van der Waals surface area contributed by atoms with Crippen molar-refractivity contribution < 1.29 is 13.9 Å². The molecule has 1 heterocycles. The Labute approximate surface area is 79.0 Å². The summed E-state index contributed by atoms with van der Waals surface area (Å²) >= 11 is 0. The van der Waals surface area contributed by atoms with Crippen molar-refractivity contribution in [2.45, 2.75) is 6.92 Å². The van der Waals surface area contributed by atoms with Crippen LogP contribution in [0.15, 0.2) is 22.6 Å². The zero-order valence-electron chi connectivity index (χ0n) is 7.36. The van der Waals surface area contributed by atoms with E-state index < -0.39 is 5.82 Å². The lowest BCUT2D eigenvalue weighted by Gasteiger charge is -1.97. The quantitative estimate of drug-likeness (QED) is 0.753. The molecule has 0 atom stereocenters. The highest BCUT2D eigenvalue weighted by Gasteiger charge is 2.11. The molecule has 2 aromatic rings. The maximum atomic E-state index is 13.2. The zero-order chi connectivity index (χ0) is 10.1. The third kappa shape index (κ3) is 1.44. The Bertz CT molecular complexity index is 468. The van der Waals surface area contributed by atoms with Gasteiger partial charge >= 0.3 is 0 Å². The molecule has 4 nitrogen and oxygen atoms in total. The summed E-state index contributed by atoms with van der Waals surface area (Å²) < 4.78 is 18.3. The van der Waals surface area contributed by atoms with E-state index in [0.29, 0.717) is 5.89 Å². The Morgan fingerprint density at radius 3 is 2.79 bits per heavy atom. The summed E-state index contributed by atoms with van der Waals surface area (Å²) in [6.45, 7) is 1.61. The lowest BCUT2D eigenvalue weighted by atomic mass is 10.2. The molecule has 0 amide bonds. The van der Waals surface area contributed by atoms with E-state index in [1.165, 1.54) is 12.1 Å². The van der Waals surface area contributed by atoms with Gasteiger partial charge in [0.2, 0.25) is 5.89 Å². The number of aromatic nitrogens is 2. The number of benzene rings is 1. The zero-order valence-corrected chi connectivity index (χ0v) is 7.36. The fraction of sp³-hybridized carbons (Fsp3) is 0.111. The first-order valence-electron chi connectivity index (χ1n) is 3.96. The molecule has 72 valence electrons. The molecule has 1 aromatic carbocycles. The van der Waals surface area contributed by atoms with Crippen LogP contribution >= 0.6 is 0 Å². The highest BCUT2D eigenvalue weighted by atomic mass is 19.1. The number of aromatic hydroxyl groups is 1. The molecule has 0 aliphatic heterocycles. The second-order valence-electron chi connectivity index (χ2n) is 2.79. The normalized spacial score (nSPS) is 10.4. The number of phenolic OH excluding ortho intramolecular Hbond substituents is 1. The topological polar surface area (TPSA) is 59.2 Å². The fourth-order valence-corrected chi connectivity index (χ4v) is 1.08. The first-order chi connectivity index (χ1) is 6.66. The lowest BCUT2D eigenvalue weighted by Crippen LogP contribution is -1.83. The van der Waals surface area contributed by atoms with E-state index in [1.807, 2.05) is 0 Å². The summed E-state index contributed by atoms with van der Waals surface area (Å²) in [5.41, 5.74) is 0.102. The number of phenols is 1. The summed E-state index contributed by atoms with van der Waals surface area (Å²) in [6, 6.07) is 3.63. The SMILES string of the molecule is Cc1nnc(-c2cc(O)ccc2F)o1. The van der Waals surface area contributed by atoms with Gasteiger partial charge in [-0.05, 0) is 18.2 Å². The Balaban J connectivity index is 2.55. The standard InChI is InChI=1S/C9H7FN2O2/c1-5-11-12-9(14-5)7-4-6(13)2-3-8(7)10/h2-4,13H,1H3. The van der Waals surface area contributed by atoms with Gasteiger partial charge in [0.25, 0.3) is 5.89 Å². The minimum atomic E-state index is -0.508. The maximum Gasteiger partial charge on any atom is 0.250 e. The van der Waals surface area contributed by atoms with Crippen LogP contribution < -0.4 is 0 Å². The van der Waals surface area contributed by atoms with E-state index in [-0.39, 0.29) is 17.2 Å². The summed E-state index contributed by atoms with van der Waals surface area (Å²) in [4.78, 5) is 0. The maximum absolute atomic E-state index is 13.2. The van der Waals surface area contributed by atoms with Crippen molar-refractivity contribution in [3.8, 4) is 17.2 Å². The lowest BCUT2D eigenvalue weighted by molar-refractivity contribution is 0.472. The van der Waals surface area contributed by atoms with Gasteiger partial charge in [-0.25, -0.2) is 4.39 Å². The smallest absolute Gasteiger partial charge is 0.250 e. The van der Waals surface area contributed by atoms with Gasteiger partial charge < -0.3 is 9.52 Å². The molecule has 5 heteroatoms. The fourth-order valence-electron chi connectivity index (χ4n) is 1.08. The Hall–Kier alpha value is -1.91. The molecule has 0 aliphatic carbocycles. The van der Waals surface area contributed by atoms with Gasteiger partial charge in [-0.2, -0.15) is 0 Å². The first kappa shape index (κ1) is 8.68. The molecule has 14 heavy (non-hydrogen) atoms. The average molecular weight is 194 g/mol. The number of halogens is 1. The van der Waals surface area contributed by atoms with E-state index in [0.717, 1.165) is 6.07 Å². The highest BCUT2D eigenvalue weighted by molar-refractivity contribution is 5.56. The summed E-state index contributed by atoms with van der Waals surface area (Å²) in [5.74, 6) is -0.137. The molecule has 0 spiro atoms. The van der Waals surface area contributed by atoms with Crippen molar-refractivity contribution in [1.29, 1.82) is 0 Å². The molecule has 1 N–H and O–H groups in total. The van der Waals surface area contributed by atoms with Gasteiger partial charge in [-0.1, -0.05) is 0 Å². The summed E-state index contributed by atoms with van der Waals surface area (Å²) in [5, 5.41) is 16.4. The molecule has 0 fully saturated rings. The van der Waals surface area contributed by atoms with Crippen LogP contribution in [0, 0.1) is 12.7 Å². The van der Waals surface area contributed by atoms with Crippen molar-refractivity contribution in [3.05, 3.63) is 29.9 Å². The van der Waals surface area contributed by atoms with Crippen molar-refractivity contribution in [2.24, 2.45) is 0 Å². The molecule has 0 saturated carbocycles. The van der Waals surface area contributed by atoms with E-state index >= 15 is 0 Å². The minimum Gasteiger partial charge on any atom is -0.508 e. The largest absolute Gasteiger partial charge is 0.508 e. The van der Waals surface area contributed by atoms with Crippen LogP contribution in [0.3, 0.4) is 0 Å². The van der Waals surface area contributed by atoms with Crippen LogP contribution in [0.1, 0.15) is 5.89 Å². The number of hydrogen-bond donors (Lipinski definition) is 1. The van der Waals surface area contributed by atoms with Crippen LogP contribution in [-0.2, 0) is 0 Å².